The van der Waals surface area contributed by atoms with Crippen LogP contribution in [0.1, 0.15) is 36.5 Å². The Balaban J connectivity index is 1.48. The number of nitrogens with two attached hydrogens (primary N) is 1. The first-order chi connectivity index (χ1) is 16.5. The molecule has 4 aromatic rings. The van der Waals surface area contributed by atoms with Gasteiger partial charge in [-0.1, -0.05) is 6.92 Å². The highest BCUT2D eigenvalue weighted by molar-refractivity contribution is 6.00. The van der Waals surface area contributed by atoms with Crippen molar-refractivity contribution >= 4 is 28.0 Å². The quantitative estimate of drug-likeness (QED) is 0.494. The highest BCUT2D eigenvalue weighted by Crippen LogP contribution is 2.39. The summed E-state index contributed by atoms with van der Waals surface area (Å²) in [5.74, 6) is 1.90. The highest BCUT2D eigenvalue weighted by atomic mass is 16.5. The number of aromatic nitrogens is 4. The van der Waals surface area contributed by atoms with Crippen LogP contribution < -0.4 is 10.5 Å². The number of likely N-dealkylation sites (tertiary alicyclic amines) is 1. The molecule has 0 spiro atoms. The fraction of sp³-hybridized carbons (Fsp3) is 0.423. The van der Waals surface area contributed by atoms with Crippen LogP contribution in [0.4, 0.5) is 0 Å². The van der Waals surface area contributed by atoms with Gasteiger partial charge in [0.15, 0.2) is 5.82 Å². The molecule has 2 fully saturated rings. The molecule has 1 saturated carbocycles. The molecule has 4 heterocycles. The van der Waals surface area contributed by atoms with Crippen molar-refractivity contribution in [2.24, 2.45) is 18.7 Å². The van der Waals surface area contributed by atoms with Gasteiger partial charge in [0.05, 0.1) is 18.3 Å². The SMILES string of the molecule is CCCn1c(-c2nc3cc(C(=O)N4CC5CCC4C5N)cc(OC)c3n2C)cc2cccnc21. The van der Waals surface area contributed by atoms with Crippen molar-refractivity contribution in [3.63, 3.8) is 0 Å². The summed E-state index contributed by atoms with van der Waals surface area (Å²) >= 11 is 0. The smallest absolute Gasteiger partial charge is 0.254 e. The molecule has 2 N–H and O–H groups in total. The van der Waals surface area contributed by atoms with Crippen LogP contribution in [0.5, 0.6) is 5.75 Å². The Labute approximate surface area is 198 Å². The fourth-order valence-electron chi connectivity index (χ4n) is 5.99. The number of imidazole rings is 1. The number of amides is 1. The second-order valence-corrected chi connectivity index (χ2v) is 9.58. The van der Waals surface area contributed by atoms with Crippen LogP contribution in [0, 0.1) is 5.92 Å². The van der Waals surface area contributed by atoms with Crippen molar-refractivity contribution in [3.8, 4) is 17.3 Å². The van der Waals surface area contributed by atoms with Gasteiger partial charge in [-0.2, -0.15) is 0 Å². The van der Waals surface area contributed by atoms with E-state index >= 15 is 0 Å². The number of hydrogen-bond acceptors (Lipinski definition) is 5. The van der Waals surface area contributed by atoms with E-state index in [1.807, 2.05) is 36.3 Å². The summed E-state index contributed by atoms with van der Waals surface area (Å²) in [5.41, 5.74) is 10.5. The number of rotatable bonds is 5. The zero-order valence-electron chi connectivity index (χ0n) is 19.9. The number of hydrogen-bond donors (Lipinski definition) is 1. The minimum Gasteiger partial charge on any atom is -0.494 e. The zero-order valence-corrected chi connectivity index (χ0v) is 19.9. The van der Waals surface area contributed by atoms with Gasteiger partial charge in [0.1, 0.15) is 16.9 Å². The molecule has 1 amide bonds. The van der Waals surface area contributed by atoms with Crippen LogP contribution in [0.2, 0.25) is 0 Å². The van der Waals surface area contributed by atoms with Crippen LogP contribution in [0.3, 0.4) is 0 Å². The van der Waals surface area contributed by atoms with Gasteiger partial charge in [0.25, 0.3) is 5.91 Å². The van der Waals surface area contributed by atoms with Crippen LogP contribution in [0.15, 0.2) is 36.5 Å². The Morgan fingerprint density at radius 2 is 2.12 bits per heavy atom. The van der Waals surface area contributed by atoms with Crippen molar-refractivity contribution < 1.29 is 9.53 Å². The van der Waals surface area contributed by atoms with E-state index in [4.69, 9.17) is 15.5 Å². The lowest BCUT2D eigenvalue weighted by Crippen LogP contribution is -2.41. The number of pyridine rings is 1. The average molecular weight is 459 g/mol. The first-order valence-corrected chi connectivity index (χ1v) is 12.1. The maximum atomic E-state index is 13.5. The number of piperidine rings is 1. The van der Waals surface area contributed by atoms with Crippen LogP contribution in [-0.2, 0) is 13.6 Å². The first kappa shape index (κ1) is 21.2. The third kappa shape index (κ3) is 2.98. The lowest BCUT2D eigenvalue weighted by atomic mass is 10.1. The van der Waals surface area contributed by atoms with E-state index in [0.29, 0.717) is 17.2 Å². The minimum atomic E-state index is 0.0133. The van der Waals surface area contributed by atoms with Gasteiger partial charge in [-0.05, 0) is 55.5 Å². The first-order valence-electron chi connectivity index (χ1n) is 12.1. The molecule has 2 bridgehead atoms. The Kier molecular flexibility index (Phi) is 4.88. The van der Waals surface area contributed by atoms with Crippen molar-refractivity contribution in [1.29, 1.82) is 0 Å². The third-order valence-electron chi connectivity index (χ3n) is 7.65. The predicted molar refractivity (Wildman–Crippen MR) is 132 cm³/mol. The topological polar surface area (TPSA) is 91.2 Å². The van der Waals surface area contributed by atoms with Crippen molar-refractivity contribution in [3.05, 3.63) is 42.1 Å². The van der Waals surface area contributed by atoms with Gasteiger partial charge in [-0.3, -0.25) is 4.79 Å². The average Bonchev–Trinajstić information content (AvgIpc) is 3.59. The molecule has 3 atom stereocenters. The van der Waals surface area contributed by atoms with Gasteiger partial charge < -0.3 is 24.5 Å². The molecule has 1 saturated heterocycles. The van der Waals surface area contributed by atoms with Gasteiger partial charge in [-0.15, -0.1) is 0 Å². The third-order valence-corrected chi connectivity index (χ3v) is 7.65. The van der Waals surface area contributed by atoms with Crippen molar-refractivity contribution in [2.45, 2.75) is 44.8 Å². The molecule has 0 radical (unpaired) electrons. The maximum absolute atomic E-state index is 13.5. The summed E-state index contributed by atoms with van der Waals surface area (Å²) in [6.45, 7) is 3.74. The molecular formula is C26H30N6O2. The predicted octanol–water partition coefficient (Wildman–Crippen LogP) is 3.57. The second-order valence-electron chi connectivity index (χ2n) is 9.58. The molecule has 8 nitrogen and oxygen atoms in total. The summed E-state index contributed by atoms with van der Waals surface area (Å²) < 4.78 is 10.0. The number of ether oxygens (including phenoxy) is 1. The number of carbonyl (C=O) groups is 1. The second kappa shape index (κ2) is 7.84. The van der Waals surface area contributed by atoms with Crippen LogP contribution in [0.25, 0.3) is 33.6 Å². The van der Waals surface area contributed by atoms with Crippen molar-refractivity contribution in [1.82, 2.24) is 24.0 Å². The minimum absolute atomic E-state index is 0.0133. The normalized spacial score (nSPS) is 21.8. The molecular weight excluding hydrogens is 428 g/mol. The summed E-state index contributed by atoms with van der Waals surface area (Å²) in [4.78, 5) is 25.0. The number of aryl methyl sites for hydroxylation is 2. The number of fused-ring (bicyclic) bond motifs is 4. The molecule has 34 heavy (non-hydrogen) atoms. The number of nitrogens with zero attached hydrogens (tertiary/aromatic N) is 5. The molecule has 1 aliphatic heterocycles. The van der Waals surface area contributed by atoms with E-state index in [0.717, 1.165) is 65.9 Å². The molecule has 8 heteroatoms. The van der Waals surface area contributed by atoms with E-state index in [2.05, 4.69) is 33.2 Å². The van der Waals surface area contributed by atoms with E-state index < -0.39 is 0 Å². The van der Waals surface area contributed by atoms with Crippen molar-refractivity contribution in [2.75, 3.05) is 13.7 Å². The number of carbonyl (C=O) groups excluding carboxylic acids is 1. The highest BCUT2D eigenvalue weighted by Gasteiger charge is 2.47. The Morgan fingerprint density at radius 3 is 2.82 bits per heavy atom. The number of benzene rings is 1. The molecule has 3 unspecified atom stereocenters. The molecule has 6 rings (SSSR count). The molecule has 176 valence electrons. The van der Waals surface area contributed by atoms with E-state index in [1.54, 1.807) is 7.11 Å². The monoisotopic (exact) mass is 458 g/mol. The lowest BCUT2D eigenvalue weighted by Gasteiger charge is -2.27. The summed E-state index contributed by atoms with van der Waals surface area (Å²) in [6, 6.07) is 10.1. The maximum Gasteiger partial charge on any atom is 0.254 e. The Morgan fingerprint density at radius 1 is 1.26 bits per heavy atom. The van der Waals surface area contributed by atoms with E-state index in [1.165, 1.54) is 0 Å². The lowest BCUT2D eigenvalue weighted by molar-refractivity contribution is 0.0700. The van der Waals surface area contributed by atoms with Gasteiger partial charge >= 0.3 is 0 Å². The van der Waals surface area contributed by atoms with Gasteiger partial charge in [0.2, 0.25) is 0 Å². The Hall–Kier alpha value is -3.39. The molecule has 1 aliphatic carbocycles. The van der Waals surface area contributed by atoms with E-state index in [-0.39, 0.29) is 18.0 Å². The number of methoxy groups -OCH3 is 1. The summed E-state index contributed by atoms with van der Waals surface area (Å²) in [6.07, 6.45) is 4.91. The molecule has 2 aliphatic rings. The van der Waals surface area contributed by atoms with Gasteiger partial charge in [-0.25, -0.2) is 9.97 Å². The summed E-state index contributed by atoms with van der Waals surface area (Å²) in [7, 11) is 3.63. The Bertz CT molecular complexity index is 1420. The van der Waals surface area contributed by atoms with E-state index in [9.17, 15) is 4.79 Å². The molecule has 3 aromatic heterocycles. The fourth-order valence-corrected chi connectivity index (χ4v) is 5.99. The zero-order chi connectivity index (χ0) is 23.6. The largest absolute Gasteiger partial charge is 0.494 e. The van der Waals surface area contributed by atoms with Gasteiger partial charge in [0, 0.05) is 49.4 Å². The summed E-state index contributed by atoms with van der Waals surface area (Å²) in [5, 5.41) is 1.08. The van der Waals surface area contributed by atoms with Crippen LogP contribution in [-0.4, -0.2) is 55.6 Å². The standard InChI is InChI=1S/C26H30N6O2/c1-4-10-31-20(12-15-6-5-9-28-24(15)31)25-29-18-11-17(13-21(34-3)23(18)30(25)2)26(33)32-14-16-7-8-19(32)22(16)27/h5-6,9,11-13,16,19,22H,4,7-8,10,14,27H2,1-3H3. The molecule has 1 aromatic carbocycles. The van der Waals surface area contributed by atoms with Crippen LogP contribution >= 0.6 is 0 Å².